The minimum absolute atomic E-state index is 0.214. The van der Waals surface area contributed by atoms with Crippen molar-refractivity contribution in [2.45, 2.75) is 65.2 Å². The standard InChI is InChI=1S/C24H30F2/c1-3-5-6-7-8-10-19-11-13-20(14-12-19)15-16-21-17-23(25)22(9-4-2)24(26)18-21/h8,10-14,17-18H,3-7,9,15-16H2,1-2H3/b10-8+. The molecule has 0 fully saturated rings. The predicted octanol–water partition coefficient (Wildman–Crippen LogP) is 7.30. The first-order valence-corrected chi connectivity index (χ1v) is 9.86. The molecule has 0 amide bonds. The van der Waals surface area contributed by atoms with Crippen molar-refractivity contribution in [2.24, 2.45) is 0 Å². The molecule has 0 aliphatic heterocycles. The molecule has 0 atom stereocenters. The molecule has 140 valence electrons. The number of hydrogen-bond acceptors (Lipinski definition) is 0. The van der Waals surface area contributed by atoms with Gasteiger partial charge in [0.1, 0.15) is 11.6 Å². The molecule has 0 radical (unpaired) electrons. The van der Waals surface area contributed by atoms with Crippen molar-refractivity contribution in [3.8, 4) is 0 Å². The number of halogens is 2. The third-order valence-electron chi connectivity index (χ3n) is 4.67. The highest BCUT2D eigenvalue weighted by molar-refractivity contribution is 5.49. The minimum Gasteiger partial charge on any atom is -0.207 e. The molecule has 0 spiro atoms. The van der Waals surface area contributed by atoms with Crippen molar-refractivity contribution < 1.29 is 8.78 Å². The molecule has 2 aromatic carbocycles. The molecule has 0 saturated heterocycles. The highest BCUT2D eigenvalue weighted by atomic mass is 19.1. The predicted molar refractivity (Wildman–Crippen MR) is 107 cm³/mol. The Morgan fingerprint density at radius 3 is 2.04 bits per heavy atom. The van der Waals surface area contributed by atoms with Crippen LogP contribution in [-0.4, -0.2) is 0 Å². The van der Waals surface area contributed by atoms with Gasteiger partial charge in [-0.25, -0.2) is 8.78 Å². The monoisotopic (exact) mass is 356 g/mol. The summed E-state index contributed by atoms with van der Waals surface area (Å²) in [7, 11) is 0. The van der Waals surface area contributed by atoms with Crippen LogP contribution in [-0.2, 0) is 19.3 Å². The van der Waals surface area contributed by atoms with E-state index in [1.165, 1.54) is 42.5 Å². The lowest BCUT2D eigenvalue weighted by atomic mass is 10.00. The Morgan fingerprint density at radius 1 is 0.769 bits per heavy atom. The second-order valence-corrected chi connectivity index (χ2v) is 6.93. The molecule has 26 heavy (non-hydrogen) atoms. The summed E-state index contributed by atoms with van der Waals surface area (Å²) in [6, 6.07) is 11.4. The topological polar surface area (TPSA) is 0 Å². The van der Waals surface area contributed by atoms with Gasteiger partial charge in [-0.05, 0) is 60.9 Å². The normalized spacial score (nSPS) is 11.4. The van der Waals surface area contributed by atoms with Gasteiger partial charge in [0.25, 0.3) is 0 Å². The largest absolute Gasteiger partial charge is 0.207 e. The van der Waals surface area contributed by atoms with Crippen LogP contribution in [0.25, 0.3) is 6.08 Å². The van der Waals surface area contributed by atoms with Gasteiger partial charge in [0.2, 0.25) is 0 Å². The van der Waals surface area contributed by atoms with Crippen LogP contribution >= 0.6 is 0 Å². The smallest absolute Gasteiger partial charge is 0.129 e. The second-order valence-electron chi connectivity index (χ2n) is 6.93. The average Bonchev–Trinajstić information content (AvgIpc) is 2.64. The zero-order valence-corrected chi connectivity index (χ0v) is 16.0. The molecular formula is C24H30F2. The maximum absolute atomic E-state index is 14.0. The van der Waals surface area contributed by atoms with Crippen LogP contribution in [0, 0.1) is 11.6 Å². The summed E-state index contributed by atoms with van der Waals surface area (Å²) in [6.45, 7) is 4.14. The Bertz CT molecular complexity index is 676. The molecule has 2 heteroatoms. The Morgan fingerprint density at radius 2 is 1.42 bits per heavy atom. The van der Waals surface area contributed by atoms with Gasteiger partial charge in [0.05, 0.1) is 0 Å². The SMILES string of the molecule is CCCCC/C=C/c1ccc(CCc2cc(F)c(CCC)c(F)c2)cc1. The maximum atomic E-state index is 14.0. The summed E-state index contributed by atoms with van der Waals surface area (Å²) in [5, 5.41) is 0. The summed E-state index contributed by atoms with van der Waals surface area (Å²) in [5.74, 6) is -0.823. The van der Waals surface area contributed by atoms with E-state index >= 15 is 0 Å². The molecule has 0 nitrogen and oxygen atoms in total. The Balaban J connectivity index is 1.89. The summed E-state index contributed by atoms with van der Waals surface area (Å²) >= 11 is 0. The van der Waals surface area contributed by atoms with Crippen LogP contribution in [0.3, 0.4) is 0 Å². The highest BCUT2D eigenvalue weighted by Gasteiger charge is 2.10. The summed E-state index contributed by atoms with van der Waals surface area (Å²) < 4.78 is 28.0. The fourth-order valence-corrected chi connectivity index (χ4v) is 3.10. The van der Waals surface area contributed by atoms with E-state index in [4.69, 9.17) is 0 Å². The molecule has 2 aromatic rings. The summed E-state index contributed by atoms with van der Waals surface area (Å²) in [6.07, 6.45) is 11.9. The van der Waals surface area contributed by atoms with Crippen molar-refractivity contribution in [2.75, 3.05) is 0 Å². The Kier molecular flexibility index (Phi) is 8.53. The fraction of sp³-hybridized carbons (Fsp3) is 0.417. The average molecular weight is 357 g/mol. The molecular weight excluding hydrogens is 326 g/mol. The molecule has 0 N–H and O–H groups in total. The van der Waals surface area contributed by atoms with E-state index in [1.807, 2.05) is 6.92 Å². The maximum Gasteiger partial charge on any atom is 0.129 e. The van der Waals surface area contributed by atoms with Gasteiger partial charge in [-0.1, -0.05) is 69.5 Å². The Labute approximate surface area is 157 Å². The van der Waals surface area contributed by atoms with Gasteiger partial charge in [0.15, 0.2) is 0 Å². The van der Waals surface area contributed by atoms with Crippen LogP contribution < -0.4 is 0 Å². The lowest BCUT2D eigenvalue weighted by molar-refractivity contribution is 0.549. The number of unbranched alkanes of at least 4 members (excludes halogenated alkanes) is 3. The Hall–Kier alpha value is -1.96. The fourth-order valence-electron chi connectivity index (χ4n) is 3.10. The molecule has 0 aliphatic carbocycles. The first-order chi connectivity index (χ1) is 12.6. The first kappa shape index (κ1) is 20.4. The number of benzene rings is 2. The van der Waals surface area contributed by atoms with Crippen LogP contribution in [0.1, 0.15) is 68.2 Å². The van der Waals surface area contributed by atoms with Crippen LogP contribution in [0.5, 0.6) is 0 Å². The molecule has 0 aromatic heterocycles. The van der Waals surface area contributed by atoms with Crippen LogP contribution in [0.2, 0.25) is 0 Å². The summed E-state index contributed by atoms with van der Waals surface area (Å²) in [5.41, 5.74) is 3.32. The zero-order chi connectivity index (χ0) is 18.8. The highest BCUT2D eigenvalue weighted by Crippen LogP contribution is 2.19. The van der Waals surface area contributed by atoms with Crippen LogP contribution in [0.4, 0.5) is 8.78 Å². The van der Waals surface area contributed by atoms with Gasteiger partial charge < -0.3 is 0 Å². The minimum atomic E-state index is -0.412. The summed E-state index contributed by atoms with van der Waals surface area (Å²) in [4.78, 5) is 0. The van der Waals surface area contributed by atoms with Gasteiger partial charge >= 0.3 is 0 Å². The van der Waals surface area contributed by atoms with E-state index in [0.29, 0.717) is 12.8 Å². The lowest BCUT2D eigenvalue weighted by Crippen LogP contribution is -2.00. The van der Waals surface area contributed by atoms with E-state index in [0.717, 1.165) is 24.8 Å². The van der Waals surface area contributed by atoms with Crippen molar-refractivity contribution >= 4 is 6.08 Å². The molecule has 0 saturated carbocycles. The van der Waals surface area contributed by atoms with Gasteiger partial charge in [-0.2, -0.15) is 0 Å². The molecule has 2 rings (SSSR count). The number of hydrogen-bond donors (Lipinski definition) is 0. The van der Waals surface area contributed by atoms with Gasteiger partial charge in [-0.15, -0.1) is 0 Å². The van der Waals surface area contributed by atoms with E-state index in [9.17, 15) is 8.78 Å². The third kappa shape index (κ3) is 6.40. The van der Waals surface area contributed by atoms with Crippen molar-refractivity contribution in [1.82, 2.24) is 0 Å². The van der Waals surface area contributed by atoms with Crippen LogP contribution in [0.15, 0.2) is 42.5 Å². The van der Waals surface area contributed by atoms with Crippen molar-refractivity contribution in [3.63, 3.8) is 0 Å². The van der Waals surface area contributed by atoms with E-state index in [-0.39, 0.29) is 5.56 Å². The zero-order valence-electron chi connectivity index (χ0n) is 16.0. The van der Waals surface area contributed by atoms with Gasteiger partial charge in [-0.3, -0.25) is 0 Å². The third-order valence-corrected chi connectivity index (χ3v) is 4.67. The molecule has 0 bridgehead atoms. The van der Waals surface area contributed by atoms with Gasteiger partial charge in [0, 0.05) is 5.56 Å². The van der Waals surface area contributed by atoms with E-state index in [2.05, 4.69) is 43.3 Å². The van der Waals surface area contributed by atoms with E-state index in [1.54, 1.807) is 0 Å². The molecule has 0 aliphatic rings. The van der Waals surface area contributed by atoms with Crippen molar-refractivity contribution in [1.29, 1.82) is 0 Å². The van der Waals surface area contributed by atoms with Crippen molar-refractivity contribution in [3.05, 3.63) is 76.4 Å². The van der Waals surface area contributed by atoms with E-state index < -0.39 is 11.6 Å². The number of aryl methyl sites for hydroxylation is 2. The molecule has 0 heterocycles. The second kappa shape index (κ2) is 10.9. The molecule has 0 unspecified atom stereocenters. The number of allylic oxidation sites excluding steroid dienone is 1. The lowest BCUT2D eigenvalue weighted by Gasteiger charge is -2.08. The number of rotatable bonds is 10. The first-order valence-electron chi connectivity index (χ1n) is 9.86. The quantitative estimate of drug-likeness (QED) is 0.392.